The van der Waals surface area contributed by atoms with Crippen molar-refractivity contribution >= 4 is 0 Å². The van der Waals surface area contributed by atoms with Gasteiger partial charge in [0, 0.05) is 17.6 Å². The summed E-state index contributed by atoms with van der Waals surface area (Å²) in [4.78, 5) is 0. The van der Waals surface area contributed by atoms with E-state index in [1.54, 1.807) is 0 Å². The molecule has 0 aliphatic heterocycles. The summed E-state index contributed by atoms with van der Waals surface area (Å²) < 4.78 is 5.59. The predicted octanol–water partition coefficient (Wildman–Crippen LogP) is 4.05. The Morgan fingerprint density at radius 3 is 2.65 bits per heavy atom. The van der Waals surface area contributed by atoms with Crippen LogP contribution >= 0.6 is 0 Å². The zero-order valence-electron chi connectivity index (χ0n) is 11.3. The third-order valence-electron chi connectivity index (χ3n) is 3.67. The van der Waals surface area contributed by atoms with Gasteiger partial charge >= 0.3 is 0 Å². The van der Waals surface area contributed by atoms with E-state index in [1.807, 2.05) is 13.8 Å². The van der Waals surface area contributed by atoms with Gasteiger partial charge in [-0.15, -0.1) is 0 Å². The molecule has 0 radical (unpaired) electrons. The van der Waals surface area contributed by atoms with E-state index in [-0.39, 0.29) is 0 Å². The molecule has 2 nitrogen and oxygen atoms in total. The summed E-state index contributed by atoms with van der Waals surface area (Å²) in [5.74, 6) is 2.05. The number of rotatable bonds is 3. The second-order valence-electron chi connectivity index (χ2n) is 5.28. The van der Waals surface area contributed by atoms with E-state index in [0.29, 0.717) is 12.1 Å². The zero-order valence-corrected chi connectivity index (χ0v) is 11.3. The molecule has 1 N–H and O–H groups in total. The predicted molar refractivity (Wildman–Crippen MR) is 71.1 cm³/mol. The fourth-order valence-corrected chi connectivity index (χ4v) is 2.64. The molecule has 0 bridgehead atoms. The van der Waals surface area contributed by atoms with Gasteiger partial charge in [0.15, 0.2) is 0 Å². The van der Waals surface area contributed by atoms with E-state index in [1.165, 1.54) is 24.0 Å². The van der Waals surface area contributed by atoms with Crippen LogP contribution < -0.4 is 5.32 Å². The van der Waals surface area contributed by atoms with E-state index in [0.717, 1.165) is 17.9 Å². The van der Waals surface area contributed by atoms with Crippen LogP contribution in [0.3, 0.4) is 0 Å². The van der Waals surface area contributed by atoms with Crippen LogP contribution in [-0.2, 0) is 0 Å². The molecule has 0 spiro atoms. The highest BCUT2D eigenvalue weighted by Gasteiger charge is 2.18. The van der Waals surface area contributed by atoms with Crippen molar-refractivity contribution in [2.75, 3.05) is 0 Å². The summed E-state index contributed by atoms with van der Waals surface area (Å²) in [6.07, 6.45) is 6.00. The molecular weight excluding hydrogens is 210 g/mol. The summed E-state index contributed by atoms with van der Waals surface area (Å²) in [6, 6.07) is 3.14. The second kappa shape index (κ2) is 5.09. The molecule has 94 valence electrons. The number of aryl methyl sites for hydroxylation is 2. The molecule has 0 saturated heterocycles. The molecule has 1 heterocycles. The molecule has 1 aromatic heterocycles. The number of allylic oxidation sites excluding steroid dienone is 1. The van der Waals surface area contributed by atoms with Crippen molar-refractivity contribution in [2.45, 2.75) is 59.0 Å². The molecular formula is C15H23NO. The van der Waals surface area contributed by atoms with Gasteiger partial charge in [-0.2, -0.15) is 0 Å². The molecule has 17 heavy (non-hydrogen) atoms. The normalized spacial score (nSPS) is 22.4. The Bertz CT molecular complexity index is 417. The van der Waals surface area contributed by atoms with Crippen molar-refractivity contribution in [1.82, 2.24) is 5.32 Å². The van der Waals surface area contributed by atoms with Crippen LogP contribution in [-0.4, -0.2) is 6.04 Å². The Morgan fingerprint density at radius 2 is 2.12 bits per heavy atom. The maximum Gasteiger partial charge on any atom is 0.105 e. The lowest BCUT2D eigenvalue weighted by Crippen LogP contribution is -2.32. The maximum atomic E-state index is 5.59. The van der Waals surface area contributed by atoms with Gasteiger partial charge in [-0.1, -0.05) is 11.6 Å². The lowest BCUT2D eigenvalue weighted by molar-refractivity contribution is 0.414. The van der Waals surface area contributed by atoms with Gasteiger partial charge < -0.3 is 9.73 Å². The maximum absolute atomic E-state index is 5.59. The fourth-order valence-electron chi connectivity index (χ4n) is 2.64. The Balaban J connectivity index is 1.97. The first-order chi connectivity index (χ1) is 8.06. The van der Waals surface area contributed by atoms with Crippen LogP contribution in [0.5, 0.6) is 0 Å². The third kappa shape index (κ3) is 3.01. The minimum absolute atomic E-state index is 0.379. The van der Waals surface area contributed by atoms with Crippen molar-refractivity contribution in [3.63, 3.8) is 0 Å². The highest BCUT2D eigenvalue weighted by Crippen LogP contribution is 2.24. The van der Waals surface area contributed by atoms with Gasteiger partial charge in [0.2, 0.25) is 0 Å². The molecule has 0 fully saturated rings. The quantitative estimate of drug-likeness (QED) is 0.797. The minimum atomic E-state index is 0.379. The smallest absolute Gasteiger partial charge is 0.105 e. The molecule has 2 rings (SSSR count). The number of furan rings is 1. The van der Waals surface area contributed by atoms with Gasteiger partial charge in [-0.3, -0.25) is 0 Å². The number of nitrogens with one attached hydrogen (secondary N) is 1. The second-order valence-corrected chi connectivity index (χ2v) is 5.28. The van der Waals surface area contributed by atoms with Crippen LogP contribution in [0.2, 0.25) is 0 Å². The first kappa shape index (κ1) is 12.4. The summed E-state index contributed by atoms with van der Waals surface area (Å²) in [7, 11) is 0. The molecule has 0 amide bonds. The number of hydrogen-bond donors (Lipinski definition) is 1. The van der Waals surface area contributed by atoms with Crippen molar-refractivity contribution in [1.29, 1.82) is 0 Å². The van der Waals surface area contributed by atoms with Crippen molar-refractivity contribution in [3.8, 4) is 0 Å². The van der Waals surface area contributed by atoms with Crippen LogP contribution in [0.1, 0.15) is 56.2 Å². The molecule has 2 atom stereocenters. The molecule has 0 aromatic carbocycles. The van der Waals surface area contributed by atoms with Crippen LogP contribution in [0.25, 0.3) is 0 Å². The largest absolute Gasteiger partial charge is 0.466 e. The Hall–Kier alpha value is -1.02. The Morgan fingerprint density at radius 1 is 1.35 bits per heavy atom. The van der Waals surface area contributed by atoms with Crippen molar-refractivity contribution < 1.29 is 4.42 Å². The summed E-state index contributed by atoms with van der Waals surface area (Å²) in [5, 5.41) is 3.71. The lowest BCUT2D eigenvalue weighted by atomic mass is 9.95. The number of hydrogen-bond acceptors (Lipinski definition) is 2. The van der Waals surface area contributed by atoms with E-state index in [9.17, 15) is 0 Å². The van der Waals surface area contributed by atoms with Crippen molar-refractivity contribution in [2.24, 2.45) is 0 Å². The lowest BCUT2D eigenvalue weighted by Gasteiger charge is -2.25. The Labute approximate surface area is 104 Å². The van der Waals surface area contributed by atoms with Gasteiger partial charge in [0.25, 0.3) is 0 Å². The zero-order chi connectivity index (χ0) is 12.4. The Kier molecular flexibility index (Phi) is 3.72. The van der Waals surface area contributed by atoms with Gasteiger partial charge in [0.05, 0.1) is 0 Å². The average molecular weight is 233 g/mol. The minimum Gasteiger partial charge on any atom is -0.466 e. The average Bonchev–Trinajstić information content (AvgIpc) is 2.61. The molecule has 0 unspecified atom stereocenters. The highest BCUT2D eigenvalue weighted by atomic mass is 16.3. The fraction of sp³-hybridized carbons (Fsp3) is 0.600. The molecule has 1 aliphatic carbocycles. The van der Waals surface area contributed by atoms with Crippen molar-refractivity contribution in [3.05, 3.63) is 34.8 Å². The van der Waals surface area contributed by atoms with Crippen LogP contribution in [0.4, 0.5) is 0 Å². The highest BCUT2D eigenvalue weighted by molar-refractivity contribution is 5.23. The summed E-state index contributed by atoms with van der Waals surface area (Å²) in [5.41, 5.74) is 2.83. The van der Waals surface area contributed by atoms with Crippen LogP contribution in [0, 0.1) is 13.8 Å². The topological polar surface area (TPSA) is 25.2 Å². The molecule has 2 heteroatoms. The SMILES string of the molecule is CC1=CC[C@@H](N[C@H](C)c2cc(C)oc2C)CC1. The van der Waals surface area contributed by atoms with E-state index in [2.05, 4.69) is 31.3 Å². The van der Waals surface area contributed by atoms with Gasteiger partial charge in [-0.25, -0.2) is 0 Å². The van der Waals surface area contributed by atoms with Gasteiger partial charge in [-0.05, 0) is 53.0 Å². The monoisotopic (exact) mass is 233 g/mol. The first-order valence-electron chi connectivity index (χ1n) is 6.55. The summed E-state index contributed by atoms with van der Waals surface area (Å²) in [6.45, 7) is 8.51. The molecule has 0 saturated carbocycles. The van der Waals surface area contributed by atoms with E-state index >= 15 is 0 Å². The third-order valence-corrected chi connectivity index (χ3v) is 3.67. The summed E-state index contributed by atoms with van der Waals surface area (Å²) >= 11 is 0. The van der Waals surface area contributed by atoms with Gasteiger partial charge in [0.1, 0.15) is 11.5 Å². The first-order valence-corrected chi connectivity index (χ1v) is 6.55. The molecule has 1 aliphatic rings. The van der Waals surface area contributed by atoms with E-state index < -0.39 is 0 Å². The molecule has 1 aromatic rings. The van der Waals surface area contributed by atoms with Crippen LogP contribution in [0.15, 0.2) is 22.1 Å². The van der Waals surface area contributed by atoms with E-state index in [4.69, 9.17) is 4.42 Å². The standard InChI is InChI=1S/C15H23NO/c1-10-5-7-14(8-6-10)16-12(3)15-9-11(2)17-13(15)4/h5,9,12,14,16H,6-8H2,1-4H3/t12-,14-/m1/s1.